The number of halogens is 1. The predicted octanol–water partition coefficient (Wildman–Crippen LogP) is 7.19. The van der Waals surface area contributed by atoms with Gasteiger partial charge in [-0.1, -0.05) is 121 Å². The van der Waals surface area contributed by atoms with Gasteiger partial charge >= 0.3 is 11.9 Å². The number of carbonyl (C=O) groups is 2. The molecule has 4 N–H and O–H groups in total. The van der Waals surface area contributed by atoms with Crippen LogP contribution in [0.15, 0.2) is 134 Å². The number of hydrogen-bond acceptors (Lipinski definition) is 12. The van der Waals surface area contributed by atoms with Crippen molar-refractivity contribution in [1.82, 2.24) is 39.9 Å². The van der Waals surface area contributed by atoms with Crippen LogP contribution in [0.3, 0.4) is 0 Å². The van der Waals surface area contributed by atoms with Gasteiger partial charge in [0.05, 0.1) is 26.9 Å². The maximum Gasteiger partial charge on any atom is 0.376 e. The number of H-pyrrole nitrogens is 2. The van der Waals surface area contributed by atoms with Crippen molar-refractivity contribution in [3.05, 3.63) is 168 Å². The lowest BCUT2D eigenvalue weighted by atomic mass is 9.91. The van der Waals surface area contributed by atoms with Crippen LogP contribution in [-0.2, 0) is 9.47 Å². The van der Waals surface area contributed by atoms with E-state index in [1.807, 2.05) is 72.8 Å². The number of imidazole rings is 2. The lowest BCUT2D eigenvalue weighted by molar-refractivity contribution is 0.0579. The van der Waals surface area contributed by atoms with Gasteiger partial charge in [-0.05, 0) is 22.3 Å². The fourth-order valence-electron chi connectivity index (χ4n) is 6.28. The van der Waals surface area contributed by atoms with Gasteiger partial charge in [0.15, 0.2) is 22.9 Å². The zero-order valence-electron chi connectivity index (χ0n) is 31.0. The van der Waals surface area contributed by atoms with Crippen molar-refractivity contribution in [2.24, 2.45) is 0 Å². The van der Waals surface area contributed by atoms with Gasteiger partial charge in [-0.3, -0.25) is 0 Å². The van der Waals surface area contributed by atoms with E-state index < -0.39 is 11.9 Å². The molecule has 0 amide bonds. The van der Waals surface area contributed by atoms with Crippen molar-refractivity contribution in [3.8, 4) is 0 Å². The van der Waals surface area contributed by atoms with Crippen LogP contribution in [0, 0.1) is 0 Å². The Hall–Kier alpha value is -7.19. The molecule has 4 heterocycles. The van der Waals surface area contributed by atoms with Gasteiger partial charge in [-0.25, -0.2) is 39.5 Å². The number of benzene rings is 4. The molecule has 4 aromatic heterocycles. The third-order valence-electron chi connectivity index (χ3n) is 9.06. The topological polar surface area (TPSA) is 186 Å². The van der Waals surface area contributed by atoms with E-state index in [4.69, 9.17) is 9.47 Å². The van der Waals surface area contributed by atoms with Gasteiger partial charge in [-0.2, -0.15) is 0 Å². The first-order chi connectivity index (χ1) is 27.5. The summed E-state index contributed by atoms with van der Waals surface area (Å²) in [7, 11) is 2.60. The highest BCUT2D eigenvalue weighted by Crippen LogP contribution is 2.28. The average Bonchev–Trinajstić information content (AvgIpc) is 3.95. The van der Waals surface area contributed by atoms with Crippen molar-refractivity contribution < 1.29 is 19.1 Å². The predicted molar refractivity (Wildman–Crippen MR) is 220 cm³/mol. The third kappa shape index (κ3) is 9.37. The van der Waals surface area contributed by atoms with Crippen LogP contribution in [0.4, 0.5) is 11.6 Å². The molecular formula is C42H39ClN10O4. The highest BCUT2D eigenvalue weighted by molar-refractivity contribution is 5.92. The largest absolute Gasteiger partial charge is 0.463 e. The summed E-state index contributed by atoms with van der Waals surface area (Å²) in [5, 5.41) is 6.72. The molecular weight excluding hydrogens is 744 g/mol. The summed E-state index contributed by atoms with van der Waals surface area (Å²) in [6, 6.07) is 41.0. The zero-order valence-corrected chi connectivity index (χ0v) is 31.8. The van der Waals surface area contributed by atoms with Gasteiger partial charge < -0.3 is 30.1 Å². The second kappa shape index (κ2) is 18.9. The molecule has 14 nitrogen and oxygen atoms in total. The SMILES string of the molecule is COC(=O)c1nc(NCC(c2ccccc2)c2ccccc2)c2[nH]cnc2n1.COC(=O)c1nc(NCC(c2ccccc2)c2ccccc2)c2[nH]cnc2n1.Cl. The number of nitrogens with one attached hydrogen (secondary N) is 4. The molecule has 8 rings (SSSR count). The number of anilines is 2. The van der Waals surface area contributed by atoms with Crippen molar-refractivity contribution in [1.29, 1.82) is 0 Å². The van der Waals surface area contributed by atoms with Crippen LogP contribution in [0.25, 0.3) is 22.3 Å². The second-order valence-electron chi connectivity index (χ2n) is 12.5. The van der Waals surface area contributed by atoms with Crippen molar-refractivity contribution in [2.45, 2.75) is 11.8 Å². The van der Waals surface area contributed by atoms with Gasteiger partial charge in [0.2, 0.25) is 11.6 Å². The number of rotatable bonds is 12. The van der Waals surface area contributed by atoms with Crippen LogP contribution in [0.5, 0.6) is 0 Å². The van der Waals surface area contributed by atoms with Crippen molar-refractivity contribution in [3.63, 3.8) is 0 Å². The van der Waals surface area contributed by atoms with Crippen molar-refractivity contribution >= 4 is 58.3 Å². The molecule has 0 aliphatic heterocycles. The smallest absolute Gasteiger partial charge is 0.376 e. The number of carbonyl (C=O) groups excluding carboxylic acids is 2. The minimum Gasteiger partial charge on any atom is -0.463 e. The summed E-state index contributed by atoms with van der Waals surface area (Å²) in [6.07, 6.45) is 3.05. The molecule has 0 spiro atoms. The third-order valence-corrected chi connectivity index (χ3v) is 9.06. The fraction of sp³-hybridized carbons (Fsp3) is 0.143. The first kappa shape index (κ1) is 39.5. The minimum atomic E-state index is -0.601. The van der Waals surface area contributed by atoms with Gasteiger partial charge in [0.1, 0.15) is 11.0 Å². The van der Waals surface area contributed by atoms with E-state index in [1.165, 1.54) is 49.1 Å². The standard InChI is InChI=1S/2C21H19N5O2.ClH/c2*1-28-21(27)20-25-18(17-19(26-20)24-13-23-17)22-12-16(14-8-4-2-5-9-14)15-10-6-3-7-11-15;/h2*2-11,13,16H,12H2,1H3,(H2,22,23,24,25,26);1H. The van der Waals surface area contributed by atoms with Gasteiger partial charge in [-0.15, -0.1) is 12.4 Å². The molecule has 0 aliphatic carbocycles. The summed E-state index contributed by atoms with van der Waals surface area (Å²) in [4.78, 5) is 55.1. The van der Waals surface area contributed by atoms with E-state index in [9.17, 15) is 9.59 Å². The van der Waals surface area contributed by atoms with Crippen LogP contribution < -0.4 is 10.6 Å². The highest BCUT2D eigenvalue weighted by Gasteiger charge is 2.20. The molecule has 15 heteroatoms. The van der Waals surface area contributed by atoms with Gasteiger partial charge in [0.25, 0.3) is 0 Å². The molecule has 8 aromatic rings. The maximum atomic E-state index is 11.9. The summed E-state index contributed by atoms with van der Waals surface area (Å²) in [6.45, 7) is 1.17. The number of aromatic nitrogens is 8. The minimum absolute atomic E-state index is 0. The molecule has 0 fully saturated rings. The van der Waals surface area contributed by atoms with Crippen molar-refractivity contribution in [2.75, 3.05) is 37.9 Å². The van der Waals surface area contributed by atoms with Crippen LogP contribution >= 0.6 is 12.4 Å². The summed E-state index contributed by atoms with van der Waals surface area (Å²) in [5.74, 6) is -0.0132. The number of ether oxygens (including phenoxy) is 2. The van der Waals surface area contributed by atoms with Gasteiger partial charge in [0, 0.05) is 24.9 Å². The molecule has 0 unspecified atom stereocenters. The molecule has 0 saturated heterocycles. The van der Waals surface area contributed by atoms with Crippen LogP contribution in [-0.4, -0.2) is 79.1 Å². The molecule has 57 heavy (non-hydrogen) atoms. The first-order valence-electron chi connectivity index (χ1n) is 17.8. The molecule has 4 aromatic carbocycles. The molecule has 0 atom stereocenters. The Morgan fingerprint density at radius 3 is 1.14 bits per heavy atom. The Morgan fingerprint density at radius 2 is 0.842 bits per heavy atom. The Balaban J connectivity index is 0.000000189. The number of esters is 2. The Labute approximate surface area is 334 Å². The van der Waals surface area contributed by atoms with Crippen LogP contribution in [0.2, 0.25) is 0 Å². The first-order valence-corrected chi connectivity index (χ1v) is 17.8. The molecule has 0 aliphatic rings. The Morgan fingerprint density at radius 1 is 0.526 bits per heavy atom. The van der Waals surface area contributed by atoms with E-state index in [-0.39, 0.29) is 35.9 Å². The molecule has 0 radical (unpaired) electrons. The lowest BCUT2D eigenvalue weighted by Gasteiger charge is -2.19. The number of hydrogen-bond donors (Lipinski definition) is 4. The lowest BCUT2D eigenvalue weighted by Crippen LogP contribution is -2.17. The van der Waals surface area contributed by atoms with E-state index in [1.54, 1.807) is 0 Å². The second-order valence-corrected chi connectivity index (χ2v) is 12.5. The normalized spacial score (nSPS) is 10.7. The highest BCUT2D eigenvalue weighted by atomic mass is 35.5. The number of nitrogens with zero attached hydrogens (tertiary/aromatic N) is 6. The molecule has 288 valence electrons. The fourth-order valence-corrected chi connectivity index (χ4v) is 6.28. The number of fused-ring (bicyclic) bond motifs is 2. The summed E-state index contributed by atoms with van der Waals surface area (Å²) in [5.41, 5.74) is 6.85. The molecule has 0 bridgehead atoms. The average molecular weight is 783 g/mol. The summed E-state index contributed by atoms with van der Waals surface area (Å²) >= 11 is 0. The van der Waals surface area contributed by atoms with E-state index >= 15 is 0 Å². The van der Waals surface area contributed by atoms with Crippen LogP contribution in [0.1, 0.15) is 55.3 Å². The van der Waals surface area contributed by atoms with E-state index in [2.05, 4.69) is 99.0 Å². The zero-order chi connectivity index (χ0) is 38.7. The Bertz CT molecular complexity index is 2270. The Kier molecular flexibility index (Phi) is 13.1. The monoisotopic (exact) mass is 782 g/mol. The number of aromatic amines is 2. The quantitative estimate of drug-likeness (QED) is 0.0916. The van der Waals surface area contributed by atoms with E-state index in [0.717, 1.165) is 0 Å². The maximum absolute atomic E-state index is 11.9. The van der Waals surface area contributed by atoms with E-state index in [0.29, 0.717) is 47.1 Å². The molecule has 0 saturated carbocycles. The summed E-state index contributed by atoms with van der Waals surface area (Å²) < 4.78 is 9.50. The number of methoxy groups -OCH3 is 2.